The van der Waals surface area contributed by atoms with Crippen LogP contribution in [0.25, 0.3) is 0 Å². The summed E-state index contributed by atoms with van der Waals surface area (Å²) >= 11 is 1.95. The fourth-order valence-electron chi connectivity index (χ4n) is 4.26. The predicted octanol–water partition coefficient (Wildman–Crippen LogP) is 4.00. The van der Waals surface area contributed by atoms with E-state index in [1.165, 1.54) is 22.4 Å². The maximum atomic E-state index is 11.8. The average molecular weight is 437 g/mol. The zero-order chi connectivity index (χ0) is 21.5. The summed E-state index contributed by atoms with van der Waals surface area (Å²) in [6.07, 6.45) is 2.90. The van der Waals surface area contributed by atoms with E-state index in [2.05, 4.69) is 69.8 Å². The summed E-state index contributed by atoms with van der Waals surface area (Å²) in [4.78, 5) is 22.0. The molecule has 0 aromatic heterocycles. The summed E-state index contributed by atoms with van der Waals surface area (Å²) in [5.41, 5.74) is 2.43. The van der Waals surface area contributed by atoms with Gasteiger partial charge in [0.15, 0.2) is 5.96 Å². The van der Waals surface area contributed by atoms with Gasteiger partial charge < -0.3 is 15.1 Å². The number of benzene rings is 2. The van der Waals surface area contributed by atoms with Gasteiger partial charge in [-0.2, -0.15) is 0 Å². The molecule has 1 amide bonds. The zero-order valence-corrected chi connectivity index (χ0v) is 19.1. The van der Waals surface area contributed by atoms with Crippen molar-refractivity contribution in [2.24, 2.45) is 10.9 Å². The molecule has 0 radical (unpaired) electrons. The third-order valence-corrected chi connectivity index (χ3v) is 7.29. The number of likely N-dealkylation sites (tertiary alicyclic amines) is 2. The van der Waals surface area contributed by atoms with Crippen LogP contribution in [0.4, 0.5) is 0 Å². The number of carbonyl (C=O) groups is 1. The monoisotopic (exact) mass is 436 g/mol. The van der Waals surface area contributed by atoms with Crippen molar-refractivity contribution in [3.63, 3.8) is 0 Å². The van der Waals surface area contributed by atoms with Crippen molar-refractivity contribution in [2.45, 2.75) is 37.2 Å². The van der Waals surface area contributed by atoms with E-state index in [1.54, 1.807) is 0 Å². The van der Waals surface area contributed by atoms with E-state index in [0.29, 0.717) is 12.3 Å². The molecule has 2 aliphatic rings. The Morgan fingerprint density at radius 3 is 2.58 bits per heavy atom. The van der Waals surface area contributed by atoms with Gasteiger partial charge >= 0.3 is 0 Å². The van der Waals surface area contributed by atoms with Crippen LogP contribution in [0.5, 0.6) is 0 Å². The summed E-state index contributed by atoms with van der Waals surface area (Å²) in [7, 11) is 1.87. The quantitative estimate of drug-likeness (QED) is 0.405. The third kappa shape index (κ3) is 6.03. The maximum absolute atomic E-state index is 11.8. The van der Waals surface area contributed by atoms with Gasteiger partial charge in [0.25, 0.3) is 0 Å². The number of hydrogen-bond acceptors (Lipinski definition) is 3. The van der Waals surface area contributed by atoms with E-state index >= 15 is 0 Å². The highest BCUT2D eigenvalue weighted by atomic mass is 32.2. The van der Waals surface area contributed by atoms with Crippen molar-refractivity contribution in [3.05, 3.63) is 65.7 Å². The molecule has 2 aromatic rings. The van der Waals surface area contributed by atoms with E-state index < -0.39 is 0 Å². The SMILES string of the molecule is CN=C(NCc1ccc(CN2CCCC2=O)cc1)N1CCC(CSc2ccccc2)C1. The fraction of sp³-hybridized carbons (Fsp3) is 0.440. The molecule has 5 nitrogen and oxygen atoms in total. The molecule has 0 bridgehead atoms. The van der Waals surface area contributed by atoms with Crippen molar-refractivity contribution in [2.75, 3.05) is 32.4 Å². The molecule has 164 valence electrons. The first-order chi connectivity index (χ1) is 15.2. The number of carbonyl (C=O) groups excluding carboxylic acids is 1. The topological polar surface area (TPSA) is 47.9 Å². The van der Waals surface area contributed by atoms with Gasteiger partial charge in [-0.25, -0.2) is 0 Å². The van der Waals surface area contributed by atoms with Crippen LogP contribution >= 0.6 is 11.8 Å². The molecule has 0 saturated carbocycles. The van der Waals surface area contributed by atoms with Gasteiger partial charge in [-0.05, 0) is 42.0 Å². The Morgan fingerprint density at radius 1 is 1.10 bits per heavy atom. The molecule has 31 heavy (non-hydrogen) atoms. The van der Waals surface area contributed by atoms with Gasteiger partial charge in [0.1, 0.15) is 0 Å². The van der Waals surface area contributed by atoms with Gasteiger partial charge in [-0.15, -0.1) is 11.8 Å². The normalized spacial score (nSPS) is 19.3. The lowest BCUT2D eigenvalue weighted by Crippen LogP contribution is -2.39. The van der Waals surface area contributed by atoms with Crippen molar-refractivity contribution in [1.82, 2.24) is 15.1 Å². The van der Waals surface area contributed by atoms with Crippen molar-refractivity contribution in [1.29, 1.82) is 0 Å². The van der Waals surface area contributed by atoms with E-state index in [1.807, 2.05) is 23.7 Å². The lowest BCUT2D eigenvalue weighted by Gasteiger charge is -2.22. The van der Waals surface area contributed by atoms with Gasteiger partial charge in [0, 0.05) is 56.8 Å². The van der Waals surface area contributed by atoms with Crippen molar-refractivity contribution < 1.29 is 4.79 Å². The minimum absolute atomic E-state index is 0.278. The minimum atomic E-state index is 0.278. The standard InChI is InChI=1S/C25H32N4OS/c1-26-25(29-15-13-22(18-29)19-31-23-6-3-2-4-7-23)27-16-20-9-11-21(12-10-20)17-28-14-5-8-24(28)30/h2-4,6-7,9-12,22H,5,8,13-19H2,1H3,(H,26,27). The molecule has 2 saturated heterocycles. The fourth-order valence-corrected chi connectivity index (χ4v) is 5.31. The summed E-state index contributed by atoms with van der Waals surface area (Å²) in [6.45, 7) is 4.49. The number of amides is 1. The highest BCUT2D eigenvalue weighted by Crippen LogP contribution is 2.26. The molecule has 0 spiro atoms. The Kier molecular flexibility index (Phi) is 7.52. The van der Waals surface area contributed by atoms with Crippen LogP contribution in [0.1, 0.15) is 30.4 Å². The average Bonchev–Trinajstić information content (AvgIpc) is 3.44. The van der Waals surface area contributed by atoms with E-state index in [0.717, 1.165) is 50.9 Å². The predicted molar refractivity (Wildman–Crippen MR) is 128 cm³/mol. The van der Waals surface area contributed by atoms with E-state index in [4.69, 9.17) is 0 Å². The van der Waals surface area contributed by atoms with Crippen LogP contribution in [-0.2, 0) is 17.9 Å². The maximum Gasteiger partial charge on any atom is 0.222 e. The number of guanidine groups is 1. The summed E-state index contributed by atoms with van der Waals surface area (Å²) in [6, 6.07) is 19.2. The number of rotatable bonds is 7. The smallest absolute Gasteiger partial charge is 0.222 e. The summed E-state index contributed by atoms with van der Waals surface area (Å²) < 4.78 is 0. The van der Waals surface area contributed by atoms with Crippen LogP contribution in [-0.4, -0.2) is 54.1 Å². The Morgan fingerprint density at radius 2 is 1.87 bits per heavy atom. The number of nitrogens with one attached hydrogen (secondary N) is 1. The van der Waals surface area contributed by atoms with Crippen LogP contribution in [0.2, 0.25) is 0 Å². The molecule has 4 rings (SSSR count). The molecule has 1 N–H and O–H groups in total. The van der Waals surface area contributed by atoms with Crippen LogP contribution < -0.4 is 5.32 Å². The molecule has 2 heterocycles. The van der Waals surface area contributed by atoms with E-state index in [-0.39, 0.29) is 5.91 Å². The van der Waals surface area contributed by atoms with Gasteiger partial charge in [-0.1, -0.05) is 42.5 Å². The highest BCUT2D eigenvalue weighted by molar-refractivity contribution is 7.99. The lowest BCUT2D eigenvalue weighted by atomic mass is 10.1. The Labute approximate surface area is 189 Å². The van der Waals surface area contributed by atoms with Crippen LogP contribution in [0.3, 0.4) is 0 Å². The van der Waals surface area contributed by atoms with Gasteiger partial charge in [0.2, 0.25) is 5.91 Å². The summed E-state index contributed by atoms with van der Waals surface area (Å²) in [5.74, 6) is 3.11. The second-order valence-electron chi connectivity index (χ2n) is 8.36. The first-order valence-electron chi connectivity index (χ1n) is 11.2. The van der Waals surface area contributed by atoms with Crippen molar-refractivity contribution in [3.8, 4) is 0 Å². The molecule has 2 aliphatic heterocycles. The molecule has 1 unspecified atom stereocenters. The van der Waals surface area contributed by atoms with Gasteiger partial charge in [-0.3, -0.25) is 9.79 Å². The number of aliphatic imine (C=N–C) groups is 1. The van der Waals surface area contributed by atoms with Gasteiger partial charge in [0.05, 0.1) is 0 Å². The second-order valence-corrected chi connectivity index (χ2v) is 9.45. The second kappa shape index (κ2) is 10.7. The molecule has 0 aliphatic carbocycles. The first-order valence-corrected chi connectivity index (χ1v) is 12.2. The zero-order valence-electron chi connectivity index (χ0n) is 18.3. The molecular formula is C25H32N4OS. The molecule has 2 fully saturated rings. The number of nitrogens with zero attached hydrogens (tertiary/aromatic N) is 3. The van der Waals surface area contributed by atoms with E-state index in [9.17, 15) is 4.79 Å². The first kappa shape index (κ1) is 21.8. The van der Waals surface area contributed by atoms with Crippen molar-refractivity contribution >= 4 is 23.6 Å². The minimum Gasteiger partial charge on any atom is -0.352 e. The Bertz CT molecular complexity index is 884. The number of hydrogen-bond donors (Lipinski definition) is 1. The Balaban J connectivity index is 1.22. The van der Waals surface area contributed by atoms with Crippen LogP contribution in [0, 0.1) is 5.92 Å². The lowest BCUT2D eigenvalue weighted by molar-refractivity contribution is -0.128. The molecule has 6 heteroatoms. The number of thioether (sulfide) groups is 1. The highest BCUT2D eigenvalue weighted by Gasteiger charge is 2.25. The van der Waals surface area contributed by atoms with Crippen LogP contribution in [0.15, 0.2) is 64.5 Å². The molecule has 1 atom stereocenters. The third-order valence-electron chi connectivity index (χ3n) is 6.04. The molecular weight excluding hydrogens is 404 g/mol. The molecule has 2 aromatic carbocycles. The largest absolute Gasteiger partial charge is 0.352 e. The summed E-state index contributed by atoms with van der Waals surface area (Å²) in [5, 5.41) is 3.53. The Hall–Kier alpha value is -2.47.